The zero-order valence-electron chi connectivity index (χ0n) is 13.1. The summed E-state index contributed by atoms with van der Waals surface area (Å²) in [6, 6.07) is 7.42. The van der Waals surface area contributed by atoms with E-state index in [0.717, 1.165) is 19.5 Å². The molecule has 1 heterocycles. The molecule has 2 rings (SSSR count). The molecule has 2 amide bonds. The molecule has 1 aliphatic rings. The maximum atomic E-state index is 12.0. The van der Waals surface area contributed by atoms with Crippen LogP contribution in [0, 0.1) is 0 Å². The van der Waals surface area contributed by atoms with Gasteiger partial charge in [-0.15, -0.1) is 0 Å². The first kappa shape index (κ1) is 16.3. The Morgan fingerprint density at radius 3 is 2.82 bits per heavy atom. The molecule has 0 radical (unpaired) electrons. The molecule has 1 aliphatic heterocycles. The number of carbonyl (C=O) groups is 2. The van der Waals surface area contributed by atoms with Crippen molar-refractivity contribution in [1.29, 1.82) is 0 Å². The summed E-state index contributed by atoms with van der Waals surface area (Å²) < 4.78 is 5.15. The van der Waals surface area contributed by atoms with Crippen molar-refractivity contribution >= 4 is 17.5 Å². The summed E-state index contributed by atoms with van der Waals surface area (Å²) in [5, 5.41) is 5.31. The maximum absolute atomic E-state index is 12.0. The average molecular weight is 306 g/mol. The van der Waals surface area contributed by atoms with Gasteiger partial charge in [-0.1, -0.05) is 12.1 Å². The molecule has 0 spiro atoms. The highest BCUT2D eigenvalue weighted by molar-refractivity contribution is 6.39. The molecular formula is C16H24N3O3+. The van der Waals surface area contributed by atoms with E-state index in [-0.39, 0.29) is 0 Å². The summed E-state index contributed by atoms with van der Waals surface area (Å²) in [5.41, 5.74) is 0.492. The van der Waals surface area contributed by atoms with Crippen LogP contribution in [0.5, 0.6) is 5.75 Å². The highest BCUT2D eigenvalue weighted by Gasteiger charge is 2.28. The van der Waals surface area contributed by atoms with E-state index in [2.05, 4.69) is 17.6 Å². The van der Waals surface area contributed by atoms with Gasteiger partial charge >= 0.3 is 11.8 Å². The predicted octanol–water partition coefficient (Wildman–Crippen LogP) is -0.183. The molecule has 2 atom stereocenters. The Kier molecular flexibility index (Phi) is 5.77. The number of benzene rings is 1. The van der Waals surface area contributed by atoms with Crippen molar-refractivity contribution in [3.63, 3.8) is 0 Å². The largest absolute Gasteiger partial charge is 0.495 e. The Hall–Kier alpha value is -2.08. The number of rotatable bonds is 5. The fraction of sp³-hybridized carbons (Fsp3) is 0.500. The zero-order valence-corrected chi connectivity index (χ0v) is 13.1. The van der Waals surface area contributed by atoms with Gasteiger partial charge in [0.1, 0.15) is 11.8 Å². The normalized spacial score (nSPS) is 20.5. The lowest BCUT2D eigenvalue weighted by Crippen LogP contribution is -3.14. The fourth-order valence-corrected chi connectivity index (χ4v) is 2.92. The molecule has 6 heteroatoms. The molecule has 6 nitrogen and oxygen atoms in total. The third kappa shape index (κ3) is 3.98. The van der Waals surface area contributed by atoms with Gasteiger partial charge in [0, 0.05) is 12.8 Å². The molecule has 0 aliphatic carbocycles. The van der Waals surface area contributed by atoms with Crippen molar-refractivity contribution in [2.45, 2.75) is 25.8 Å². The molecule has 1 fully saturated rings. The fourth-order valence-electron chi connectivity index (χ4n) is 2.92. The molecule has 0 saturated carbocycles. The molecule has 120 valence electrons. The van der Waals surface area contributed by atoms with E-state index in [9.17, 15) is 9.59 Å². The molecule has 1 unspecified atom stereocenters. The minimum atomic E-state index is -0.666. The summed E-state index contributed by atoms with van der Waals surface area (Å²) in [7, 11) is 1.52. The van der Waals surface area contributed by atoms with Gasteiger partial charge in [-0.05, 0) is 19.1 Å². The van der Waals surface area contributed by atoms with Crippen LogP contribution in [-0.4, -0.2) is 44.6 Å². The average Bonchev–Trinajstić information content (AvgIpc) is 3.00. The molecular weight excluding hydrogens is 282 g/mol. The van der Waals surface area contributed by atoms with Gasteiger partial charge in [-0.25, -0.2) is 0 Å². The number of anilines is 1. The summed E-state index contributed by atoms with van der Waals surface area (Å²) in [5.74, 6) is -0.741. The molecule has 0 bridgehead atoms. The van der Waals surface area contributed by atoms with E-state index in [4.69, 9.17) is 4.74 Å². The first-order chi connectivity index (χ1) is 10.7. The lowest BCUT2D eigenvalue weighted by atomic mass is 10.2. The second-order valence-electron chi connectivity index (χ2n) is 5.47. The molecule has 1 saturated heterocycles. The first-order valence-corrected chi connectivity index (χ1v) is 7.72. The molecule has 22 heavy (non-hydrogen) atoms. The van der Waals surface area contributed by atoms with Crippen LogP contribution in [-0.2, 0) is 9.59 Å². The van der Waals surface area contributed by atoms with Crippen LogP contribution >= 0.6 is 0 Å². The highest BCUT2D eigenvalue weighted by Crippen LogP contribution is 2.22. The summed E-state index contributed by atoms with van der Waals surface area (Å²) in [6.45, 7) is 4.88. The number of hydrogen-bond donors (Lipinski definition) is 3. The first-order valence-electron chi connectivity index (χ1n) is 7.72. The van der Waals surface area contributed by atoms with Crippen molar-refractivity contribution in [3.05, 3.63) is 24.3 Å². The topological polar surface area (TPSA) is 71.9 Å². The summed E-state index contributed by atoms with van der Waals surface area (Å²) >= 11 is 0. The Balaban J connectivity index is 1.86. The lowest BCUT2D eigenvalue weighted by Gasteiger charge is -2.20. The molecule has 0 aromatic heterocycles. The SMILES string of the molecule is CC[NH+]1CCC[C@H]1CNC(=O)C(=O)Nc1ccccc1OC. The van der Waals surface area contributed by atoms with Crippen LogP contribution in [0.3, 0.4) is 0 Å². The van der Waals surface area contributed by atoms with Crippen LogP contribution in [0.2, 0.25) is 0 Å². The summed E-state index contributed by atoms with van der Waals surface area (Å²) in [4.78, 5) is 25.4. The van der Waals surface area contributed by atoms with Crippen LogP contribution in [0.15, 0.2) is 24.3 Å². The van der Waals surface area contributed by atoms with Gasteiger partial charge in [0.15, 0.2) is 0 Å². The van der Waals surface area contributed by atoms with Crippen molar-refractivity contribution in [2.24, 2.45) is 0 Å². The number of carbonyl (C=O) groups excluding carboxylic acids is 2. The van der Waals surface area contributed by atoms with E-state index in [1.807, 2.05) is 0 Å². The number of likely N-dealkylation sites (N-methyl/N-ethyl adjacent to an activating group) is 1. The molecule has 1 aromatic rings. The number of methoxy groups -OCH3 is 1. The van der Waals surface area contributed by atoms with Gasteiger partial charge in [-0.3, -0.25) is 9.59 Å². The van der Waals surface area contributed by atoms with Crippen LogP contribution in [0.1, 0.15) is 19.8 Å². The Labute approximate surface area is 130 Å². The molecule has 1 aromatic carbocycles. The minimum Gasteiger partial charge on any atom is -0.495 e. The van der Waals surface area contributed by atoms with E-state index in [1.54, 1.807) is 24.3 Å². The van der Waals surface area contributed by atoms with Crippen molar-refractivity contribution in [1.82, 2.24) is 5.32 Å². The van der Waals surface area contributed by atoms with E-state index in [0.29, 0.717) is 24.0 Å². The second kappa shape index (κ2) is 7.79. The van der Waals surface area contributed by atoms with Crippen LogP contribution in [0.4, 0.5) is 5.69 Å². The number of hydrogen-bond acceptors (Lipinski definition) is 3. The standard InChI is InChI=1S/C16H23N3O3/c1-3-19-10-6-7-12(19)11-17-15(20)16(21)18-13-8-4-5-9-14(13)22-2/h4-5,8-9,12H,3,6-7,10-11H2,1-2H3,(H,17,20)(H,18,21)/p+1/t12-/m0/s1. The van der Waals surface area contributed by atoms with E-state index in [1.165, 1.54) is 18.4 Å². The third-order valence-electron chi connectivity index (χ3n) is 4.15. The number of likely N-dealkylation sites (tertiary alicyclic amines) is 1. The monoisotopic (exact) mass is 306 g/mol. The number of nitrogens with one attached hydrogen (secondary N) is 3. The van der Waals surface area contributed by atoms with Crippen LogP contribution in [0.25, 0.3) is 0 Å². The smallest absolute Gasteiger partial charge is 0.313 e. The van der Waals surface area contributed by atoms with E-state index >= 15 is 0 Å². The van der Waals surface area contributed by atoms with Crippen molar-refractivity contribution < 1.29 is 19.2 Å². The Morgan fingerprint density at radius 2 is 2.09 bits per heavy atom. The third-order valence-corrected chi connectivity index (χ3v) is 4.15. The van der Waals surface area contributed by atoms with Crippen molar-refractivity contribution in [2.75, 3.05) is 32.1 Å². The zero-order chi connectivity index (χ0) is 15.9. The van der Waals surface area contributed by atoms with Gasteiger partial charge in [0.25, 0.3) is 0 Å². The Morgan fingerprint density at radius 1 is 1.32 bits per heavy atom. The quantitative estimate of drug-likeness (QED) is 0.661. The minimum absolute atomic E-state index is 0.410. The Bertz CT molecular complexity index is 533. The number of quaternary nitrogens is 1. The van der Waals surface area contributed by atoms with E-state index < -0.39 is 11.8 Å². The number of para-hydroxylation sites is 2. The van der Waals surface area contributed by atoms with Crippen molar-refractivity contribution in [3.8, 4) is 5.75 Å². The summed E-state index contributed by atoms with van der Waals surface area (Å²) in [6.07, 6.45) is 2.27. The lowest BCUT2D eigenvalue weighted by molar-refractivity contribution is -0.909. The number of ether oxygens (including phenoxy) is 1. The maximum Gasteiger partial charge on any atom is 0.313 e. The van der Waals surface area contributed by atoms with Crippen LogP contribution < -0.4 is 20.3 Å². The highest BCUT2D eigenvalue weighted by atomic mass is 16.5. The van der Waals surface area contributed by atoms with Gasteiger partial charge in [0.05, 0.1) is 32.4 Å². The second-order valence-corrected chi connectivity index (χ2v) is 5.47. The van der Waals surface area contributed by atoms with Gasteiger partial charge in [0.2, 0.25) is 0 Å². The molecule has 3 N–H and O–H groups in total. The predicted molar refractivity (Wildman–Crippen MR) is 84.0 cm³/mol. The number of amides is 2. The van der Waals surface area contributed by atoms with Gasteiger partial charge < -0.3 is 20.3 Å². The van der Waals surface area contributed by atoms with Gasteiger partial charge in [-0.2, -0.15) is 0 Å².